The van der Waals surface area contributed by atoms with Crippen molar-refractivity contribution in [2.24, 2.45) is 0 Å². The summed E-state index contributed by atoms with van der Waals surface area (Å²) >= 11 is 0. The average Bonchev–Trinajstić information content (AvgIpc) is 2.67. The van der Waals surface area contributed by atoms with Gasteiger partial charge in [0.25, 0.3) is 0 Å². The van der Waals surface area contributed by atoms with Gasteiger partial charge >= 0.3 is 5.97 Å². The van der Waals surface area contributed by atoms with Gasteiger partial charge in [0.2, 0.25) is 12.0 Å². The Labute approximate surface area is 156 Å². The third-order valence-electron chi connectivity index (χ3n) is 4.07. The summed E-state index contributed by atoms with van der Waals surface area (Å²) in [5, 5.41) is 11.9. The van der Waals surface area contributed by atoms with Crippen LogP contribution in [0.5, 0.6) is 11.5 Å². The second-order valence-electron chi connectivity index (χ2n) is 5.88. The van der Waals surface area contributed by atoms with Crippen molar-refractivity contribution < 1.29 is 28.6 Å². The lowest BCUT2D eigenvalue weighted by Gasteiger charge is -2.19. The molecule has 0 spiro atoms. The van der Waals surface area contributed by atoms with E-state index in [4.69, 9.17) is 9.47 Å². The van der Waals surface area contributed by atoms with Gasteiger partial charge in [-0.2, -0.15) is 0 Å². The van der Waals surface area contributed by atoms with Gasteiger partial charge in [0, 0.05) is 0 Å². The number of ether oxygens (including phenoxy) is 2. The molecule has 2 atom stereocenters. The number of aliphatic carboxylic acids is 1. The van der Waals surface area contributed by atoms with Gasteiger partial charge in [-0.3, -0.25) is 4.79 Å². The summed E-state index contributed by atoms with van der Waals surface area (Å²) in [5.74, 6) is -1.49. The van der Waals surface area contributed by atoms with Crippen LogP contribution in [0.4, 0.5) is 4.39 Å². The highest BCUT2D eigenvalue weighted by Crippen LogP contribution is 2.22. The smallest absolute Gasteiger partial charge is 0.346 e. The molecule has 0 bridgehead atoms. The van der Waals surface area contributed by atoms with E-state index in [0.717, 1.165) is 5.56 Å². The lowest BCUT2D eigenvalue weighted by atomic mass is 9.95. The average molecular weight is 375 g/mol. The molecule has 0 saturated carbocycles. The van der Waals surface area contributed by atoms with Gasteiger partial charge in [0.05, 0.1) is 19.6 Å². The van der Waals surface area contributed by atoms with E-state index >= 15 is 0 Å². The van der Waals surface area contributed by atoms with E-state index < -0.39 is 23.8 Å². The quantitative estimate of drug-likeness (QED) is 0.704. The van der Waals surface area contributed by atoms with E-state index in [1.54, 1.807) is 31.4 Å². The van der Waals surface area contributed by atoms with Crippen LogP contribution >= 0.6 is 0 Å². The molecule has 2 N–H and O–H groups in total. The standard InChI is InChI=1S/C20H22FNO5/c1-3-17(13-4-8-15(26-2)9-5-13)19(23)22-12-18(20(24)25)27-16-10-6-14(21)7-11-16/h4-11,17-18H,3,12H2,1-2H3,(H,22,23)(H,24,25). The third kappa shape index (κ3) is 5.70. The van der Waals surface area contributed by atoms with Crippen molar-refractivity contribution in [2.45, 2.75) is 25.4 Å². The summed E-state index contributed by atoms with van der Waals surface area (Å²) in [6.07, 6.45) is -0.734. The minimum atomic E-state index is -1.28. The number of carbonyl (C=O) groups is 2. The fourth-order valence-corrected chi connectivity index (χ4v) is 2.58. The molecule has 0 aliphatic rings. The van der Waals surface area contributed by atoms with E-state index in [9.17, 15) is 19.1 Å². The largest absolute Gasteiger partial charge is 0.497 e. The lowest BCUT2D eigenvalue weighted by molar-refractivity contribution is -0.145. The molecular weight excluding hydrogens is 353 g/mol. The second-order valence-corrected chi connectivity index (χ2v) is 5.88. The molecule has 1 amide bonds. The Morgan fingerprint density at radius 2 is 1.67 bits per heavy atom. The summed E-state index contributed by atoms with van der Waals surface area (Å²) in [6, 6.07) is 12.1. The summed E-state index contributed by atoms with van der Waals surface area (Å²) in [6.45, 7) is 1.66. The summed E-state index contributed by atoms with van der Waals surface area (Å²) in [5.41, 5.74) is 0.808. The molecule has 7 heteroatoms. The van der Waals surface area contributed by atoms with Crippen LogP contribution in [0.25, 0.3) is 0 Å². The molecule has 0 radical (unpaired) electrons. The molecule has 2 rings (SSSR count). The molecule has 2 unspecified atom stereocenters. The molecule has 0 fully saturated rings. The van der Waals surface area contributed by atoms with Gasteiger partial charge < -0.3 is 19.9 Å². The van der Waals surface area contributed by atoms with Crippen LogP contribution < -0.4 is 14.8 Å². The zero-order valence-electron chi connectivity index (χ0n) is 15.1. The van der Waals surface area contributed by atoms with Gasteiger partial charge in [-0.25, -0.2) is 9.18 Å². The van der Waals surface area contributed by atoms with Crippen molar-refractivity contribution in [3.8, 4) is 11.5 Å². The van der Waals surface area contributed by atoms with Crippen molar-refractivity contribution in [3.63, 3.8) is 0 Å². The van der Waals surface area contributed by atoms with Crippen molar-refractivity contribution in [1.82, 2.24) is 5.32 Å². The van der Waals surface area contributed by atoms with Gasteiger partial charge in [0.1, 0.15) is 17.3 Å². The number of hydrogen-bond donors (Lipinski definition) is 2. The predicted molar refractivity (Wildman–Crippen MR) is 97.5 cm³/mol. The lowest BCUT2D eigenvalue weighted by Crippen LogP contribution is -2.42. The Hall–Kier alpha value is -3.09. The summed E-state index contributed by atoms with van der Waals surface area (Å²) < 4.78 is 23.4. The van der Waals surface area contributed by atoms with Crippen LogP contribution in [0.3, 0.4) is 0 Å². The van der Waals surface area contributed by atoms with E-state index in [1.807, 2.05) is 6.92 Å². The normalized spacial score (nSPS) is 12.7. The maximum Gasteiger partial charge on any atom is 0.346 e. The topological polar surface area (TPSA) is 84.9 Å². The van der Waals surface area contributed by atoms with E-state index in [-0.39, 0.29) is 18.2 Å². The molecular formula is C20H22FNO5. The SMILES string of the molecule is CCC(C(=O)NCC(Oc1ccc(F)cc1)C(=O)O)c1ccc(OC)cc1. The minimum absolute atomic E-state index is 0.209. The van der Waals surface area contributed by atoms with Crippen molar-refractivity contribution in [1.29, 1.82) is 0 Å². The van der Waals surface area contributed by atoms with Crippen LogP contribution in [0.15, 0.2) is 48.5 Å². The van der Waals surface area contributed by atoms with Crippen molar-refractivity contribution in [3.05, 3.63) is 59.9 Å². The molecule has 6 nitrogen and oxygen atoms in total. The fourth-order valence-electron chi connectivity index (χ4n) is 2.58. The molecule has 0 aliphatic heterocycles. The highest BCUT2D eigenvalue weighted by molar-refractivity contribution is 5.84. The first-order valence-corrected chi connectivity index (χ1v) is 8.51. The first-order valence-electron chi connectivity index (χ1n) is 8.51. The van der Waals surface area contributed by atoms with Crippen LogP contribution in [0.1, 0.15) is 24.8 Å². The van der Waals surface area contributed by atoms with Crippen LogP contribution in [-0.2, 0) is 9.59 Å². The van der Waals surface area contributed by atoms with Gasteiger partial charge in [0.15, 0.2) is 0 Å². The number of halogens is 1. The molecule has 0 aliphatic carbocycles. The van der Waals surface area contributed by atoms with Gasteiger partial charge in [-0.05, 0) is 48.4 Å². The first kappa shape index (κ1) is 20.2. The fraction of sp³-hybridized carbons (Fsp3) is 0.300. The maximum absolute atomic E-state index is 12.9. The number of rotatable bonds is 9. The van der Waals surface area contributed by atoms with Crippen molar-refractivity contribution >= 4 is 11.9 Å². The van der Waals surface area contributed by atoms with Crippen LogP contribution in [0, 0.1) is 5.82 Å². The third-order valence-corrected chi connectivity index (χ3v) is 4.07. The number of benzene rings is 2. The summed E-state index contributed by atoms with van der Waals surface area (Å²) in [4.78, 5) is 23.9. The molecule has 2 aromatic carbocycles. The molecule has 27 heavy (non-hydrogen) atoms. The highest BCUT2D eigenvalue weighted by Gasteiger charge is 2.24. The molecule has 144 valence electrons. The molecule has 0 saturated heterocycles. The van der Waals surface area contributed by atoms with E-state index in [0.29, 0.717) is 12.2 Å². The highest BCUT2D eigenvalue weighted by atomic mass is 19.1. The predicted octanol–water partition coefficient (Wildman–Crippen LogP) is 2.98. The molecule has 0 heterocycles. The zero-order chi connectivity index (χ0) is 19.8. The number of nitrogens with one attached hydrogen (secondary N) is 1. The Kier molecular flexibility index (Phi) is 7.16. The Morgan fingerprint density at radius 1 is 1.07 bits per heavy atom. The molecule has 0 aromatic heterocycles. The monoisotopic (exact) mass is 375 g/mol. The van der Waals surface area contributed by atoms with Gasteiger partial charge in [-0.1, -0.05) is 19.1 Å². The number of methoxy groups -OCH3 is 1. The molecule has 2 aromatic rings. The Morgan fingerprint density at radius 3 is 2.19 bits per heavy atom. The first-order chi connectivity index (χ1) is 12.9. The minimum Gasteiger partial charge on any atom is -0.497 e. The number of amides is 1. The Balaban J connectivity index is 2.00. The number of carbonyl (C=O) groups excluding carboxylic acids is 1. The maximum atomic E-state index is 12.9. The van der Waals surface area contributed by atoms with E-state index in [1.165, 1.54) is 24.3 Å². The van der Waals surface area contributed by atoms with Crippen molar-refractivity contribution in [2.75, 3.05) is 13.7 Å². The number of hydrogen-bond acceptors (Lipinski definition) is 4. The van der Waals surface area contributed by atoms with E-state index in [2.05, 4.69) is 5.32 Å². The summed E-state index contributed by atoms with van der Waals surface area (Å²) in [7, 11) is 1.56. The van der Waals surface area contributed by atoms with Crippen LogP contribution in [0.2, 0.25) is 0 Å². The second kappa shape index (κ2) is 9.56. The zero-order valence-corrected chi connectivity index (χ0v) is 15.1. The number of carboxylic acids is 1. The Bertz CT molecular complexity index is 761. The number of carboxylic acid groups (broad SMARTS) is 1. The van der Waals surface area contributed by atoms with Crippen LogP contribution in [-0.4, -0.2) is 36.7 Å². The van der Waals surface area contributed by atoms with Gasteiger partial charge in [-0.15, -0.1) is 0 Å².